The van der Waals surface area contributed by atoms with E-state index in [-0.39, 0.29) is 0 Å². The van der Waals surface area contributed by atoms with Gasteiger partial charge in [-0.2, -0.15) is 0 Å². The molecule has 0 bridgehead atoms. The fourth-order valence-electron chi connectivity index (χ4n) is 1.70. The Hall–Kier alpha value is -0.0400. The standard InChI is InChI=1S/C8H17N/c1-6-5-7(2)9(4)8(6)3/h6-8H,5H2,1-4H3/t6-,7-,8-/m1/s1. The van der Waals surface area contributed by atoms with E-state index >= 15 is 0 Å². The lowest BCUT2D eigenvalue weighted by Gasteiger charge is -2.20. The SMILES string of the molecule is C[C@@H]1C[C@@H](C)N(C)[C@@H]1C. The Morgan fingerprint density at radius 1 is 1.22 bits per heavy atom. The second-order valence-electron chi connectivity index (χ2n) is 3.47. The van der Waals surface area contributed by atoms with E-state index in [2.05, 4.69) is 32.7 Å². The summed E-state index contributed by atoms with van der Waals surface area (Å²) < 4.78 is 0. The molecule has 9 heavy (non-hydrogen) atoms. The van der Waals surface area contributed by atoms with E-state index in [0.717, 1.165) is 18.0 Å². The molecule has 0 aromatic carbocycles. The summed E-state index contributed by atoms with van der Waals surface area (Å²) in [5.41, 5.74) is 0. The lowest BCUT2D eigenvalue weighted by Crippen LogP contribution is -2.29. The van der Waals surface area contributed by atoms with Crippen LogP contribution in [0.15, 0.2) is 0 Å². The third kappa shape index (κ3) is 1.11. The van der Waals surface area contributed by atoms with Gasteiger partial charge in [-0.25, -0.2) is 0 Å². The number of hydrogen-bond donors (Lipinski definition) is 0. The van der Waals surface area contributed by atoms with Crippen molar-refractivity contribution in [2.24, 2.45) is 5.92 Å². The van der Waals surface area contributed by atoms with E-state index in [1.54, 1.807) is 0 Å². The summed E-state index contributed by atoms with van der Waals surface area (Å²) in [6, 6.07) is 1.59. The summed E-state index contributed by atoms with van der Waals surface area (Å²) in [6.07, 6.45) is 1.37. The van der Waals surface area contributed by atoms with E-state index in [1.165, 1.54) is 6.42 Å². The summed E-state index contributed by atoms with van der Waals surface area (Å²) >= 11 is 0. The van der Waals surface area contributed by atoms with Crippen molar-refractivity contribution < 1.29 is 0 Å². The smallest absolute Gasteiger partial charge is 0.00929 e. The third-order valence-corrected chi connectivity index (χ3v) is 2.87. The number of likely N-dealkylation sites (tertiary alicyclic amines) is 1. The molecule has 1 rings (SSSR count). The van der Waals surface area contributed by atoms with Gasteiger partial charge in [-0.1, -0.05) is 6.92 Å². The maximum absolute atomic E-state index is 2.46. The highest BCUT2D eigenvalue weighted by Crippen LogP contribution is 2.26. The van der Waals surface area contributed by atoms with Crippen LogP contribution in [0.2, 0.25) is 0 Å². The first-order valence-corrected chi connectivity index (χ1v) is 3.85. The van der Waals surface area contributed by atoms with E-state index in [0.29, 0.717) is 0 Å². The van der Waals surface area contributed by atoms with Crippen LogP contribution >= 0.6 is 0 Å². The van der Waals surface area contributed by atoms with Gasteiger partial charge in [0.2, 0.25) is 0 Å². The van der Waals surface area contributed by atoms with Gasteiger partial charge in [-0.05, 0) is 33.2 Å². The molecular weight excluding hydrogens is 110 g/mol. The highest BCUT2D eigenvalue weighted by Gasteiger charge is 2.29. The monoisotopic (exact) mass is 127 g/mol. The lowest BCUT2D eigenvalue weighted by atomic mass is 10.0. The summed E-state index contributed by atoms with van der Waals surface area (Å²) in [7, 11) is 2.22. The van der Waals surface area contributed by atoms with Gasteiger partial charge in [0, 0.05) is 12.1 Å². The molecule has 1 heterocycles. The van der Waals surface area contributed by atoms with Crippen LogP contribution in [-0.2, 0) is 0 Å². The molecule has 0 amide bonds. The Morgan fingerprint density at radius 3 is 1.89 bits per heavy atom. The van der Waals surface area contributed by atoms with Crippen molar-refractivity contribution in [1.29, 1.82) is 0 Å². The van der Waals surface area contributed by atoms with Crippen molar-refractivity contribution >= 4 is 0 Å². The number of hydrogen-bond acceptors (Lipinski definition) is 1. The molecule has 0 aromatic rings. The van der Waals surface area contributed by atoms with Crippen molar-refractivity contribution in [2.75, 3.05) is 7.05 Å². The minimum atomic E-state index is 0.792. The van der Waals surface area contributed by atoms with Gasteiger partial charge < -0.3 is 4.90 Å². The first-order valence-electron chi connectivity index (χ1n) is 3.85. The van der Waals surface area contributed by atoms with Crippen molar-refractivity contribution in [1.82, 2.24) is 4.90 Å². The molecule has 0 spiro atoms. The van der Waals surface area contributed by atoms with E-state index in [4.69, 9.17) is 0 Å². The molecule has 0 N–H and O–H groups in total. The first kappa shape index (κ1) is 7.07. The van der Waals surface area contributed by atoms with Crippen LogP contribution in [-0.4, -0.2) is 24.0 Å². The predicted molar refractivity (Wildman–Crippen MR) is 40.5 cm³/mol. The average Bonchev–Trinajstić information content (AvgIpc) is 1.98. The Bertz CT molecular complexity index is 88.7. The molecule has 1 fully saturated rings. The fraction of sp³-hybridized carbons (Fsp3) is 1.00. The van der Waals surface area contributed by atoms with Crippen molar-refractivity contribution in [3.8, 4) is 0 Å². The van der Waals surface area contributed by atoms with Crippen LogP contribution in [0.4, 0.5) is 0 Å². The number of nitrogens with zero attached hydrogens (tertiary/aromatic N) is 1. The second-order valence-corrected chi connectivity index (χ2v) is 3.47. The molecular formula is C8H17N. The highest BCUT2D eigenvalue weighted by molar-refractivity contribution is 4.84. The Balaban J connectivity index is 2.54. The normalized spacial score (nSPS) is 46.0. The van der Waals surface area contributed by atoms with E-state index < -0.39 is 0 Å². The summed E-state index contributed by atoms with van der Waals surface area (Å²) in [4.78, 5) is 2.46. The van der Waals surface area contributed by atoms with Crippen LogP contribution in [0, 0.1) is 5.92 Å². The van der Waals surface area contributed by atoms with Gasteiger partial charge in [-0.15, -0.1) is 0 Å². The van der Waals surface area contributed by atoms with E-state index in [1.807, 2.05) is 0 Å². The highest BCUT2D eigenvalue weighted by atomic mass is 15.2. The van der Waals surface area contributed by atoms with Crippen molar-refractivity contribution in [3.05, 3.63) is 0 Å². The lowest BCUT2D eigenvalue weighted by molar-refractivity contribution is 0.253. The van der Waals surface area contributed by atoms with Gasteiger partial charge in [-0.3, -0.25) is 0 Å². The Kier molecular flexibility index (Phi) is 1.80. The molecule has 1 heteroatoms. The number of rotatable bonds is 0. The summed E-state index contributed by atoms with van der Waals surface area (Å²) in [5, 5.41) is 0. The molecule has 1 aliphatic heterocycles. The third-order valence-electron chi connectivity index (χ3n) is 2.87. The molecule has 1 nitrogen and oxygen atoms in total. The van der Waals surface area contributed by atoms with Gasteiger partial charge >= 0.3 is 0 Å². The zero-order chi connectivity index (χ0) is 7.02. The largest absolute Gasteiger partial charge is 0.301 e. The predicted octanol–water partition coefficient (Wildman–Crippen LogP) is 1.74. The first-order chi connectivity index (χ1) is 4.13. The fourth-order valence-corrected chi connectivity index (χ4v) is 1.70. The summed E-state index contributed by atoms with van der Waals surface area (Å²) in [5.74, 6) is 0.894. The average molecular weight is 127 g/mol. The van der Waals surface area contributed by atoms with Gasteiger partial charge in [0.25, 0.3) is 0 Å². The maximum Gasteiger partial charge on any atom is 0.00929 e. The zero-order valence-corrected chi connectivity index (χ0v) is 6.89. The molecule has 0 radical (unpaired) electrons. The van der Waals surface area contributed by atoms with Crippen LogP contribution in [0.1, 0.15) is 27.2 Å². The van der Waals surface area contributed by atoms with Gasteiger partial charge in [0.1, 0.15) is 0 Å². The van der Waals surface area contributed by atoms with Crippen LogP contribution < -0.4 is 0 Å². The van der Waals surface area contributed by atoms with Gasteiger partial charge in [0.05, 0.1) is 0 Å². The van der Waals surface area contributed by atoms with Crippen molar-refractivity contribution in [2.45, 2.75) is 39.3 Å². The zero-order valence-electron chi connectivity index (χ0n) is 6.89. The Morgan fingerprint density at radius 2 is 1.78 bits per heavy atom. The minimum absolute atomic E-state index is 0.792. The van der Waals surface area contributed by atoms with Crippen LogP contribution in [0.5, 0.6) is 0 Å². The topological polar surface area (TPSA) is 3.24 Å². The molecule has 0 aromatic heterocycles. The quantitative estimate of drug-likeness (QED) is 0.479. The molecule has 3 atom stereocenters. The molecule has 0 aliphatic carbocycles. The van der Waals surface area contributed by atoms with Gasteiger partial charge in [0.15, 0.2) is 0 Å². The molecule has 0 unspecified atom stereocenters. The second kappa shape index (κ2) is 2.30. The van der Waals surface area contributed by atoms with E-state index in [9.17, 15) is 0 Å². The minimum Gasteiger partial charge on any atom is -0.301 e. The van der Waals surface area contributed by atoms with Crippen LogP contribution in [0.3, 0.4) is 0 Å². The molecule has 54 valence electrons. The van der Waals surface area contributed by atoms with Crippen LogP contribution in [0.25, 0.3) is 0 Å². The maximum atomic E-state index is 2.46. The molecule has 0 saturated carbocycles. The molecule has 1 saturated heterocycles. The Labute approximate surface area is 58.0 Å². The summed E-state index contributed by atoms with van der Waals surface area (Å²) in [6.45, 7) is 6.96. The van der Waals surface area contributed by atoms with Crippen molar-refractivity contribution in [3.63, 3.8) is 0 Å². The molecule has 1 aliphatic rings.